The molecular formula is C51H58N8O6S. The predicted octanol–water partition coefficient (Wildman–Crippen LogP) is 6.82. The molecule has 66 heavy (non-hydrogen) atoms. The number of aliphatic hydroxyl groups excluding tert-OH is 1. The van der Waals surface area contributed by atoms with Crippen LogP contribution in [0.2, 0.25) is 0 Å². The summed E-state index contributed by atoms with van der Waals surface area (Å²) in [6.07, 6.45) is -0.249. The van der Waals surface area contributed by atoms with E-state index >= 15 is 0 Å². The summed E-state index contributed by atoms with van der Waals surface area (Å²) < 4.78 is 0. The van der Waals surface area contributed by atoms with E-state index in [1.807, 2.05) is 69.6 Å². The van der Waals surface area contributed by atoms with Crippen LogP contribution in [0.1, 0.15) is 105 Å². The van der Waals surface area contributed by atoms with Crippen molar-refractivity contribution in [2.75, 3.05) is 37.6 Å². The van der Waals surface area contributed by atoms with Crippen LogP contribution in [0.4, 0.5) is 11.4 Å². The average Bonchev–Trinajstić information content (AvgIpc) is 4.04. The van der Waals surface area contributed by atoms with Crippen LogP contribution in [-0.4, -0.2) is 105 Å². The second kappa shape index (κ2) is 18.1. The van der Waals surface area contributed by atoms with Gasteiger partial charge in [0.05, 0.1) is 34.3 Å². The summed E-state index contributed by atoms with van der Waals surface area (Å²) in [5.41, 5.74) is 9.92. The number of hydrogen-bond acceptors (Lipinski definition) is 9. The molecule has 14 nitrogen and oxygen atoms in total. The molecular weight excluding hydrogens is 853 g/mol. The normalized spacial score (nSPS) is 18.4. The first-order valence-corrected chi connectivity index (χ1v) is 23.6. The minimum Gasteiger partial charge on any atom is -0.391 e. The molecule has 1 aliphatic carbocycles. The lowest BCUT2D eigenvalue weighted by atomic mass is 9.70. The Labute approximate surface area is 389 Å². The van der Waals surface area contributed by atoms with E-state index in [1.165, 1.54) is 4.90 Å². The maximum atomic E-state index is 14.2. The smallest absolute Gasteiger partial charge is 0.246 e. The maximum Gasteiger partial charge on any atom is 0.246 e. The van der Waals surface area contributed by atoms with Gasteiger partial charge in [0.1, 0.15) is 12.1 Å². The standard InChI is InChI=1S/C51H58N8O6S/c1-9-31-22-36-37(51(6,7)46-43(44(36)63)35-15-14-33(52-8)23-38(35)55-46)25-39(31)57-18-20-58(21-19-57)42(62)17-16-41(61)56-47(50(3,4)5)49(65)59-27-34(60)24-40(59)48(64)53-26-30-10-12-32(13-11-30)45-29(2)54-28-66-45/h10-15,22-23,25,28,34,40,47,55,60H,9,16-21,24,26-27H2,1-7H3,(H,53,64)(H,56,61)/t34-,40+,47-/m1/s1. The number of ketones is 1. The number of rotatable bonds is 11. The summed E-state index contributed by atoms with van der Waals surface area (Å²) in [5.74, 6) is -1.48. The number of aryl methyl sites for hydroxylation is 2. The summed E-state index contributed by atoms with van der Waals surface area (Å²) in [7, 11) is 0. The van der Waals surface area contributed by atoms with Crippen LogP contribution in [0.25, 0.3) is 26.2 Å². The Kier molecular flexibility index (Phi) is 12.7. The summed E-state index contributed by atoms with van der Waals surface area (Å²) in [6.45, 7) is 23.5. The zero-order chi connectivity index (χ0) is 47.2. The van der Waals surface area contributed by atoms with E-state index in [0.29, 0.717) is 49.4 Å². The number of likely N-dealkylation sites (tertiary alicyclic amines) is 1. The highest BCUT2D eigenvalue weighted by Crippen LogP contribution is 2.46. The van der Waals surface area contributed by atoms with Gasteiger partial charge in [-0.1, -0.05) is 77.9 Å². The van der Waals surface area contributed by atoms with E-state index in [1.54, 1.807) is 28.4 Å². The third kappa shape index (κ3) is 8.84. The molecule has 344 valence electrons. The summed E-state index contributed by atoms with van der Waals surface area (Å²) >= 11 is 1.57. The van der Waals surface area contributed by atoms with E-state index in [9.17, 15) is 29.1 Å². The van der Waals surface area contributed by atoms with Gasteiger partial charge in [0.25, 0.3) is 0 Å². The van der Waals surface area contributed by atoms with Crippen molar-refractivity contribution >= 4 is 63.0 Å². The average molecular weight is 911 g/mol. The fourth-order valence-electron chi connectivity index (χ4n) is 9.73. The molecule has 3 aromatic carbocycles. The summed E-state index contributed by atoms with van der Waals surface area (Å²) in [4.78, 5) is 86.8. The summed E-state index contributed by atoms with van der Waals surface area (Å²) in [5, 5.41) is 17.3. The fraction of sp³-hybridized carbons (Fsp3) is 0.431. The molecule has 3 atom stereocenters. The third-order valence-corrected chi connectivity index (χ3v) is 14.5. The molecule has 0 radical (unpaired) electrons. The van der Waals surface area contributed by atoms with E-state index < -0.39 is 40.8 Å². The molecule has 2 saturated heterocycles. The molecule has 3 aliphatic rings. The Bertz CT molecular complexity index is 2770. The molecule has 2 aliphatic heterocycles. The van der Waals surface area contributed by atoms with Crippen molar-refractivity contribution in [2.24, 2.45) is 5.41 Å². The highest BCUT2D eigenvalue weighted by atomic mass is 32.1. The number of amides is 4. The maximum absolute atomic E-state index is 14.2. The molecule has 15 heteroatoms. The van der Waals surface area contributed by atoms with Crippen LogP contribution < -0.4 is 15.5 Å². The second-order valence-corrected chi connectivity index (χ2v) is 20.2. The lowest BCUT2D eigenvalue weighted by Crippen LogP contribution is -2.57. The number of nitrogens with zero attached hydrogens (tertiary/aromatic N) is 5. The third-order valence-electron chi connectivity index (χ3n) is 13.5. The zero-order valence-corrected chi connectivity index (χ0v) is 39.5. The Morgan fingerprint density at radius 2 is 1.76 bits per heavy atom. The number of aliphatic hydroxyl groups is 1. The van der Waals surface area contributed by atoms with Gasteiger partial charge < -0.3 is 35.4 Å². The monoisotopic (exact) mass is 910 g/mol. The van der Waals surface area contributed by atoms with Gasteiger partial charge in [-0.05, 0) is 59.2 Å². The highest BCUT2D eigenvalue weighted by Gasteiger charge is 2.45. The number of benzene rings is 3. The first kappa shape index (κ1) is 46.2. The predicted molar refractivity (Wildman–Crippen MR) is 256 cm³/mol. The fourth-order valence-corrected chi connectivity index (χ4v) is 10.5. The molecule has 0 saturated carbocycles. The SMILES string of the molecule is [C-]#[N+]c1ccc2c3c([nH]c2c1)C(C)(C)c1cc(N2CCN(C(=O)CCC(=O)N[C@H](C(=O)N4C[C@H](O)C[C@H]4C(=O)NCc4ccc(-c5scnc5C)cc4)C(C)(C)C)CC2)c(CC)cc1C3=O. The zero-order valence-electron chi connectivity index (χ0n) is 38.7. The van der Waals surface area contributed by atoms with Crippen LogP contribution in [-0.2, 0) is 37.6 Å². The largest absolute Gasteiger partial charge is 0.391 e. The Morgan fingerprint density at radius 1 is 1.03 bits per heavy atom. The Hall–Kier alpha value is -6.37. The number of aromatic nitrogens is 2. The molecule has 2 fully saturated rings. The quantitative estimate of drug-likeness (QED) is 0.105. The molecule has 0 bridgehead atoms. The minimum absolute atomic E-state index is 0.0291. The number of thiazole rings is 1. The van der Waals surface area contributed by atoms with Crippen LogP contribution in [0, 0.1) is 18.9 Å². The first-order valence-electron chi connectivity index (χ1n) is 22.7. The molecule has 2 aromatic heterocycles. The highest BCUT2D eigenvalue weighted by molar-refractivity contribution is 7.13. The number of carbonyl (C=O) groups excluding carboxylic acids is 5. The lowest BCUT2D eigenvalue weighted by Gasteiger charge is -2.39. The van der Waals surface area contributed by atoms with E-state index in [-0.39, 0.29) is 49.9 Å². The number of anilines is 1. The van der Waals surface area contributed by atoms with Crippen LogP contribution in [0.5, 0.6) is 0 Å². The number of aromatic amines is 1. The number of hydrogen-bond donors (Lipinski definition) is 4. The van der Waals surface area contributed by atoms with Crippen molar-refractivity contribution in [2.45, 2.75) is 104 Å². The Morgan fingerprint density at radius 3 is 2.41 bits per heavy atom. The van der Waals surface area contributed by atoms with Gasteiger partial charge in [0, 0.05) is 91.8 Å². The number of nitrogens with one attached hydrogen (secondary N) is 3. The van der Waals surface area contributed by atoms with Crippen molar-refractivity contribution in [3.05, 3.63) is 111 Å². The van der Waals surface area contributed by atoms with Crippen molar-refractivity contribution in [1.82, 2.24) is 30.4 Å². The van der Waals surface area contributed by atoms with Gasteiger partial charge in [-0.2, -0.15) is 0 Å². The van der Waals surface area contributed by atoms with Crippen molar-refractivity contribution in [3.63, 3.8) is 0 Å². The van der Waals surface area contributed by atoms with E-state index in [2.05, 4.69) is 57.2 Å². The molecule has 0 unspecified atom stereocenters. The van der Waals surface area contributed by atoms with Crippen molar-refractivity contribution in [1.29, 1.82) is 0 Å². The van der Waals surface area contributed by atoms with Crippen molar-refractivity contribution in [3.8, 4) is 10.4 Å². The first-order chi connectivity index (χ1) is 31.4. The van der Waals surface area contributed by atoms with Crippen molar-refractivity contribution < 1.29 is 29.1 Å². The number of carbonyl (C=O) groups is 5. The molecule has 4 amide bonds. The topological polar surface area (TPSA) is 172 Å². The minimum atomic E-state index is -1.00. The van der Waals surface area contributed by atoms with Gasteiger partial charge in [0.2, 0.25) is 23.6 Å². The number of H-pyrrole nitrogens is 1. The molecule has 0 spiro atoms. The lowest BCUT2D eigenvalue weighted by molar-refractivity contribution is -0.144. The number of β-amino-alcohol motifs (C(OH)–C–C–N with tert-alkyl or cyclic N) is 1. The van der Waals surface area contributed by atoms with Crippen LogP contribution >= 0.6 is 11.3 Å². The van der Waals surface area contributed by atoms with Gasteiger partial charge >= 0.3 is 0 Å². The van der Waals surface area contributed by atoms with Crippen LogP contribution in [0.15, 0.2) is 60.1 Å². The molecule has 5 aromatic rings. The Balaban J connectivity index is 0.866. The molecule has 8 rings (SSSR count). The van der Waals surface area contributed by atoms with Gasteiger partial charge in [-0.3, -0.25) is 24.0 Å². The van der Waals surface area contributed by atoms with E-state index in [0.717, 1.165) is 55.1 Å². The van der Waals surface area contributed by atoms with Crippen LogP contribution in [0.3, 0.4) is 0 Å². The number of piperazine rings is 1. The van der Waals surface area contributed by atoms with Gasteiger partial charge in [0.15, 0.2) is 11.5 Å². The molecule has 4 N–H and O–H groups in total. The summed E-state index contributed by atoms with van der Waals surface area (Å²) in [6, 6.07) is 15.5. The number of fused-ring (bicyclic) bond motifs is 4. The second-order valence-electron chi connectivity index (χ2n) is 19.4. The van der Waals surface area contributed by atoms with Gasteiger partial charge in [-0.15, -0.1) is 11.3 Å². The van der Waals surface area contributed by atoms with Gasteiger partial charge in [-0.25, -0.2) is 9.83 Å². The molecule has 4 heterocycles. The van der Waals surface area contributed by atoms with E-state index in [4.69, 9.17) is 6.57 Å².